The Morgan fingerprint density at radius 3 is 3.05 bits per heavy atom. The van der Waals surface area contributed by atoms with Gasteiger partial charge in [0.15, 0.2) is 0 Å². The molecular weight excluding hydrogens is 288 g/mol. The van der Waals surface area contributed by atoms with Gasteiger partial charge in [0.1, 0.15) is 5.65 Å². The van der Waals surface area contributed by atoms with Crippen molar-refractivity contribution in [3.8, 4) is 0 Å². The normalized spacial score (nSPS) is 20.5. The third kappa shape index (κ3) is 3.74. The van der Waals surface area contributed by atoms with E-state index in [0.29, 0.717) is 0 Å². The van der Waals surface area contributed by atoms with Crippen LogP contribution in [0.1, 0.15) is 5.69 Å². The van der Waals surface area contributed by atoms with Crippen LogP contribution in [0.3, 0.4) is 0 Å². The predicted octanol–water partition coefficient (Wildman–Crippen LogP) is 1.75. The van der Waals surface area contributed by atoms with Crippen molar-refractivity contribution >= 4 is 17.2 Å². The summed E-state index contributed by atoms with van der Waals surface area (Å²) in [6.45, 7) is 4.51. The maximum Gasteiger partial charge on any atom is 0.137 e. The van der Waals surface area contributed by atoms with Crippen LogP contribution < -0.4 is 0 Å². The van der Waals surface area contributed by atoms with Crippen LogP contribution in [0.4, 0.5) is 0 Å². The van der Waals surface area contributed by atoms with Crippen LogP contribution in [0.15, 0.2) is 24.5 Å². The molecule has 3 heterocycles. The van der Waals surface area contributed by atoms with Crippen LogP contribution in [0.5, 0.6) is 0 Å². The molecule has 1 unspecified atom stereocenters. The standard InChI is InChI=1S/C15H21ClN4O/c1-18(2)10-14-11-19(5-6-21-14)8-13-9-20-7-12(16)3-4-15(20)17-13/h3-4,7,9,14H,5-6,8,10-11H2,1-2H3. The van der Waals surface area contributed by atoms with E-state index in [4.69, 9.17) is 16.3 Å². The van der Waals surface area contributed by atoms with E-state index in [1.165, 1.54) is 0 Å². The number of morpholine rings is 1. The fourth-order valence-corrected chi connectivity index (χ4v) is 2.93. The molecule has 0 N–H and O–H groups in total. The molecule has 0 spiro atoms. The van der Waals surface area contributed by atoms with Crippen molar-refractivity contribution in [2.45, 2.75) is 12.6 Å². The zero-order chi connectivity index (χ0) is 14.8. The summed E-state index contributed by atoms with van der Waals surface area (Å²) in [6, 6.07) is 3.81. The molecule has 5 nitrogen and oxygen atoms in total. The van der Waals surface area contributed by atoms with Gasteiger partial charge in [0, 0.05) is 38.6 Å². The summed E-state index contributed by atoms with van der Waals surface area (Å²) in [7, 11) is 4.16. The van der Waals surface area contributed by atoms with Crippen molar-refractivity contribution in [1.82, 2.24) is 19.2 Å². The van der Waals surface area contributed by atoms with Crippen molar-refractivity contribution in [3.05, 3.63) is 35.2 Å². The number of hydrogen-bond donors (Lipinski definition) is 0. The van der Waals surface area contributed by atoms with Gasteiger partial charge in [0.2, 0.25) is 0 Å². The Morgan fingerprint density at radius 1 is 1.38 bits per heavy atom. The fraction of sp³-hybridized carbons (Fsp3) is 0.533. The highest BCUT2D eigenvalue weighted by molar-refractivity contribution is 6.30. The number of rotatable bonds is 4. The average Bonchev–Trinajstić information content (AvgIpc) is 2.79. The molecule has 1 atom stereocenters. The topological polar surface area (TPSA) is 33.0 Å². The summed E-state index contributed by atoms with van der Waals surface area (Å²) in [6.07, 6.45) is 4.22. The zero-order valence-corrected chi connectivity index (χ0v) is 13.3. The molecule has 2 aromatic heterocycles. The number of fused-ring (bicyclic) bond motifs is 1. The molecule has 0 bridgehead atoms. The molecule has 0 aromatic carbocycles. The Bertz CT molecular complexity index is 613. The molecule has 1 aliphatic heterocycles. The molecule has 0 aliphatic carbocycles. The minimum absolute atomic E-state index is 0.278. The first-order valence-electron chi connectivity index (χ1n) is 7.22. The lowest BCUT2D eigenvalue weighted by Gasteiger charge is -2.33. The number of ether oxygens (including phenoxy) is 1. The number of pyridine rings is 1. The summed E-state index contributed by atoms with van der Waals surface area (Å²) in [5.74, 6) is 0. The quantitative estimate of drug-likeness (QED) is 0.861. The lowest BCUT2D eigenvalue weighted by molar-refractivity contribution is -0.0409. The average molecular weight is 309 g/mol. The summed E-state index contributed by atoms with van der Waals surface area (Å²) < 4.78 is 7.79. The third-order valence-electron chi connectivity index (χ3n) is 3.64. The Hall–Kier alpha value is -1.14. The summed E-state index contributed by atoms with van der Waals surface area (Å²) >= 11 is 6.01. The maximum absolute atomic E-state index is 6.01. The molecule has 2 aromatic rings. The lowest BCUT2D eigenvalue weighted by atomic mass is 10.2. The number of aromatic nitrogens is 2. The second-order valence-electron chi connectivity index (χ2n) is 5.84. The largest absolute Gasteiger partial charge is 0.374 e. The maximum atomic E-state index is 6.01. The molecule has 0 amide bonds. The van der Waals surface area contributed by atoms with E-state index >= 15 is 0 Å². The second-order valence-corrected chi connectivity index (χ2v) is 6.27. The van der Waals surface area contributed by atoms with Gasteiger partial charge >= 0.3 is 0 Å². The highest BCUT2D eigenvalue weighted by atomic mass is 35.5. The fourth-order valence-electron chi connectivity index (χ4n) is 2.76. The molecular formula is C15H21ClN4O. The van der Waals surface area contributed by atoms with E-state index in [1.807, 2.05) is 22.7 Å². The molecule has 3 rings (SSSR count). The first-order chi connectivity index (χ1) is 10.1. The van der Waals surface area contributed by atoms with Crippen LogP contribution in [-0.2, 0) is 11.3 Å². The van der Waals surface area contributed by atoms with Gasteiger partial charge in [0.25, 0.3) is 0 Å². The number of nitrogens with zero attached hydrogens (tertiary/aromatic N) is 4. The Balaban J connectivity index is 1.66. The number of likely N-dealkylation sites (N-methyl/N-ethyl adjacent to an activating group) is 1. The predicted molar refractivity (Wildman–Crippen MR) is 83.8 cm³/mol. The van der Waals surface area contributed by atoms with E-state index < -0.39 is 0 Å². The van der Waals surface area contributed by atoms with Crippen molar-refractivity contribution in [1.29, 1.82) is 0 Å². The second kappa shape index (κ2) is 6.32. The van der Waals surface area contributed by atoms with Gasteiger partial charge in [-0.2, -0.15) is 0 Å². The van der Waals surface area contributed by atoms with Crippen molar-refractivity contribution in [2.24, 2.45) is 0 Å². The molecule has 1 aliphatic rings. The molecule has 6 heteroatoms. The van der Waals surface area contributed by atoms with Crippen molar-refractivity contribution in [3.63, 3.8) is 0 Å². The van der Waals surface area contributed by atoms with Gasteiger partial charge in [-0.3, -0.25) is 4.90 Å². The monoisotopic (exact) mass is 308 g/mol. The van der Waals surface area contributed by atoms with Gasteiger partial charge in [0.05, 0.1) is 23.4 Å². The molecule has 1 fully saturated rings. The van der Waals surface area contributed by atoms with E-state index in [9.17, 15) is 0 Å². The molecule has 0 radical (unpaired) electrons. The zero-order valence-electron chi connectivity index (χ0n) is 12.5. The van der Waals surface area contributed by atoms with Crippen LogP contribution in [-0.4, -0.2) is 65.6 Å². The molecule has 0 saturated carbocycles. The lowest BCUT2D eigenvalue weighted by Crippen LogP contribution is -2.46. The molecule has 1 saturated heterocycles. The first kappa shape index (κ1) is 14.8. The van der Waals surface area contributed by atoms with Crippen molar-refractivity contribution < 1.29 is 4.74 Å². The first-order valence-corrected chi connectivity index (χ1v) is 7.60. The van der Waals surface area contributed by atoms with Gasteiger partial charge in [-0.25, -0.2) is 4.98 Å². The van der Waals surface area contributed by atoms with Crippen LogP contribution >= 0.6 is 11.6 Å². The van der Waals surface area contributed by atoms with E-state index in [-0.39, 0.29) is 6.10 Å². The summed E-state index contributed by atoms with van der Waals surface area (Å²) in [5.41, 5.74) is 2.01. The summed E-state index contributed by atoms with van der Waals surface area (Å²) in [5, 5.41) is 0.726. The van der Waals surface area contributed by atoms with Crippen LogP contribution in [0, 0.1) is 0 Å². The molecule has 114 valence electrons. The van der Waals surface area contributed by atoms with Gasteiger partial charge in [-0.1, -0.05) is 11.6 Å². The van der Waals surface area contributed by atoms with Gasteiger partial charge < -0.3 is 14.0 Å². The van der Waals surface area contributed by atoms with Gasteiger partial charge in [-0.15, -0.1) is 0 Å². The smallest absolute Gasteiger partial charge is 0.137 e. The van der Waals surface area contributed by atoms with E-state index in [1.54, 1.807) is 0 Å². The van der Waals surface area contributed by atoms with Crippen LogP contribution in [0.2, 0.25) is 5.02 Å². The van der Waals surface area contributed by atoms with Gasteiger partial charge in [-0.05, 0) is 26.2 Å². The van der Waals surface area contributed by atoms with E-state index in [2.05, 4.69) is 35.1 Å². The third-order valence-corrected chi connectivity index (χ3v) is 3.87. The van der Waals surface area contributed by atoms with Crippen molar-refractivity contribution in [2.75, 3.05) is 40.3 Å². The SMILES string of the molecule is CN(C)CC1CN(Cc2cn3cc(Cl)ccc3n2)CCO1. The highest BCUT2D eigenvalue weighted by Gasteiger charge is 2.21. The Morgan fingerprint density at radius 2 is 2.24 bits per heavy atom. The number of halogens is 1. The minimum Gasteiger partial charge on any atom is -0.374 e. The highest BCUT2D eigenvalue weighted by Crippen LogP contribution is 2.14. The van der Waals surface area contributed by atoms with Crippen LogP contribution in [0.25, 0.3) is 5.65 Å². The minimum atomic E-state index is 0.278. The number of hydrogen-bond acceptors (Lipinski definition) is 4. The molecule has 21 heavy (non-hydrogen) atoms. The Kier molecular flexibility index (Phi) is 4.45. The summed E-state index contributed by atoms with van der Waals surface area (Å²) in [4.78, 5) is 9.22. The number of imidazole rings is 1. The van der Waals surface area contributed by atoms with E-state index in [0.717, 1.165) is 49.1 Å². The Labute approximate surface area is 130 Å².